The maximum atomic E-state index is 11.8. The predicted octanol–water partition coefficient (Wildman–Crippen LogP) is -0.00500. The Kier molecular flexibility index (Phi) is 5.52. The molecule has 0 aliphatic rings. The van der Waals surface area contributed by atoms with E-state index in [1.54, 1.807) is 0 Å². The first kappa shape index (κ1) is 14.9. The van der Waals surface area contributed by atoms with Crippen molar-refractivity contribution >= 4 is 10.0 Å². The Morgan fingerprint density at radius 1 is 1.28 bits per heavy atom. The fourth-order valence-corrected chi connectivity index (χ4v) is 2.51. The first-order chi connectivity index (χ1) is 8.49. The Morgan fingerprint density at radius 3 is 2.44 bits per heavy atom. The molecular weight excluding hydrogens is 254 g/mol. The molecule has 1 rings (SSSR count). The number of aromatic amines is 1. The zero-order valence-corrected chi connectivity index (χ0v) is 11.5. The summed E-state index contributed by atoms with van der Waals surface area (Å²) in [5, 5.41) is 0. The molecule has 18 heavy (non-hydrogen) atoms. The van der Waals surface area contributed by atoms with E-state index in [0.717, 1.165) is 13.1 Å². The third-order valence-corrected chi connectivity index (χ3v) is 4.14. The summed E-state index contributed by atoms with van der Waals surface area (Å²) in [6.45, 7) is 6.84. The van der Waals surface area contributed by atoms with E-state index in [2.05, 4.69) is 14.6 Å². The normalized spacial score (nSPS) is 11.9. The second-order valence-electron chi connectivity index (χ2n) is 3.81. The molecule has 0 atom stereocenters. The van der Waals surface area contributed by atoms with Crippen molar-refractivity contribution in [1.29, 1.82) is 0 Å². The van der Waals surface area contributed by atoms with Crippen molar-refractivity contribution in [2.24, 2.45) is 0 Å². The standard InChI is InChI=1S/C11H19N3O3S/c1-3-14(4-2)8-7-13-18(16,17)10-5-6-11(15)12-9-10/h5-6,9,13H,3-4,7-8H2,1-2H3,(H,12,15). The van der Waals surface area contributed by atoms with Gasteiger partial charge in [0.05, 0.1) is 4.90 Å². The van der Waals surface area contributed by atoms with Crippen molar-refractivity contribution in [3.8, 4) is 0 Å². The minimum atomic E-state index is -3.54. The van der Waals surface area contributed by atoms with Crippen molar-refractivity contribution in [3.63, 3.8) is 0 Å². The summed E-state index contributed by atoms with van der Waals surface area (Å²) in [5.41, 5.74) is -0.322. The number of rotatable bonds is 7. The van der Waals surface area contributed by atoms with E-state index in [1.807, 2.05) is 13.8 Å². The van der Waals surface area contributed by atoms with Crippen molar-refractivity contribution < 1.29 is 8.42 Å². The maximum absolute atomic E-state index is 11.8. The Morgan fingerprint density at radius 2 is 1.94 bits per heavy atom. The number of aromatic nitrogens is 1. The summed E-state index contributed by atoms with van der Waals surface area (Å²) in [6, 6.07) is 2.48. The van der Waals surface area contributed by atoms with E-state index in [1.165, 1.54) is 18.3 Å². The SMILES string of the molecule is CCN(CC)CCNS(=O)(=O)c1ccc(=O)[nH]c1. The van der Waals surface area contributed by atoms with Gasteiger partial charge in [0.15, 0.2) is 0 Å². The molecule has 0 radical (unpaired) electrons. The van der Waals surface area contributed by atoms with Gasteiger partial charge in [-0.15, -0.1) is 0 Å². The Balaban J connectivity index is 2.60. The maximum Gasteiger partial charge on any atom is 0.247 e. The molecule has 0 saturated carbocycles. The lowest BCUT2D eigenvalue weighted by Gasteiger charge is -2.17. The smallest absolute Gasteiger partial charge is 0.247 e. The van der Waals surface area contributed by atoms with Crippen LogP contribution in [0, 0.1) is 0 Å². The first-order valence-electron chi connectivity index (χ1n) is 5.90. The zero-order valence-electron chi connectivity index (χ0n) is 10.6. The molecule has 0 bridgehead atoms. The minimum Gasteiger partial charge on any atom is -0.328 e. The van der Waals surface area contributed by atoms with Gasteiger partial charge in [-0.25, -0.2) is 13.1 Å². The monoisotopic (exact) mass is 273 g/mol. The molecule has 0 unspecified atom stereocenters. The molecule has 2 N–H and O–H groups in total. The highest BCUT2D eigenvalue weighted by molar-refractivity contribution is 7.89. The summed E-state index contributed by atoms with van der Waals surface area (Å²) in [5.74, 6) is 0. The average molecular weight is 273 g/mol. The molecule has 0 aliphatic heterocycles. The van der Waals surface area contributed by atoms with Gasteiger partial charge in [0.25, 0.3) is 0 Å². The summed E-state index contributed by atoms with van der Waals surface area (Å²) in [6.07, 6.45) is 1.20. The van der Waals surface area contributed by atoms with Crippen LogP contribution < -0.4 is 10.3 Å². The van der Waals surface area contributed by atoms with Crippen LogP contribution in [0.1, 0.15) is 13.8 Å². The van der Waals surface area contributed by atoms with Crippen LogP contribution in [0.15, 0.2) is 28.0 Å². The third-order valence-electron chi connectivity index (χ3n) is 2.68. The van der Waals surface area contributed by atoms with Gasteiger partial charge < -0.3 is 9.88 Å². The van der Waals surface area contributed by atoms with Gasteiger partial charge in [0.1, 0.15) is 0 Å². The molecule has 0 aliphatic carbocycles. The van der Waals surface area contributed by atoms with E-state index in [-0.39, 0.29) is 10.5 Å². The van der Waals surface area contributed by atoms with Crippen molar-refractivity contribution in [3.05, 3.63) is 28.7 Å². The van der Waals surface area contributed by atoms with Crippen LogP contribution in [0.2, 0.25) is 0 Å². The van der Waals surface area contributed by atoms with Crippen molar-refractivity contribution in [1.82, 2.24) is 14.6 Å². The van der Waals surface area contributed by atoms with Crippen molar-refractivity contribution in [2.45, 2.75) is 18.7 Å². The molecule has 7 heteroatoms. The highest BCUT2D eigenvalue weighted by Gasteiger charge is 2.13. The number of H-pyrrole nitrogens is 1. The highest BCUT2D eigenvalue weighted by atomic mass is 32.2. The summed E-state index contributed by atoms with van der Waals surface area (Å²) >= 11 is 0. The van der Waals surface area contributed by atoms with Crippen LogP contribution in [-0.2, 0) is 10.0 Å². The lowest BCUT2D eigenvalue weighted by molar-refractivity contribution is 0.309. The van der Waals surface area contributed by atoms with Crippen molar-refractivity contribution in [2.75, 3.05) is 26.2 Å². The number of sulfonamides is 1. The molecule has 1 heterocycles. The average Bonchev–Trinajstić information content (AvgIpc) is 2.35. The number of likely N-dealkylation sites (N-methyl/N-ethyl adjacent to an activating group) is 1. The van der Waals surface area contributed by atoms with Gasteiger partial charge >= 0.3 is 0 Å². The second-order valence-corrected chi connectivity index (χ2v) is 5.58. The van der Waals surface area contributed by atoms with Gasteiger partial charge in [-0.3, -0.25) is 4.79 Å². The molecule has 0 amide bonds. The van der Waals surface area contributed by atoms with Gasteiger partial charge in [-0.2, -0.15) is 0 Å². The Labute approximate surface area is 107 Å². The molecular formula is C11H19N3O3S. The summed E-state index contributed by atoms with van der Waals surface area (Å²) < 4.78 is 26.2. The Bertz CT molecular complexity index is 500. The molecule has 6 nitrogen and oxygen atoms in total. The van der Waals surface area contributed by atoms with Crippen LogP contribution in [0.4, 0.5) is 0 Å². The molecule has 0 aromatic carbocycles. The summed E-state index contributed by atoms with van der Waals surface area (Å²) in [4.78, 5) is 15.4. The van der Waals surface area contributed by atoms with E-state index in [0.29, 0.717) is 13.1 Å². The third kappa shape index (κ3) is 4.25. The van der Waals surface area contributed by atoms with Gasteiger partial charge in [0, 0.05) is 25.4 Å². The molecule has 1 aromatic rings. The van der Waals surface area contributed by atoms with Gasteiger partial charge in [-0.05, 0) is 19.2 Å². The van der Waals surface area contributed by atoms with E-state index in [4.69, 9.17) is 0 Å². The topological polar surface area (TPSA) is 82.3 Å². The second kappa shape index (κ2) is 6.67. The number of nitrogens with one attached hydrogen (secondary N) is 2. The van der Waals surface area contributed by atoms with E-state index in [9.17, 15) is 13.2 Å². The molecule has 0 saturated heterocycles. The van der Waals surface area contributed by atoms with Gasteiger partial charge in [-0.1, -0.05) is 13.8 Å². The van der Waals surface area contributed by atoms with Gasteiger partial charge in [0.2, 0.25) is 15.6 Å². The highest BCUT2D eigenvalue weighted by Crippen LogP contribution is 2.03. The predicted molar refractivity (Wildman–Crippen MR) is 70.0 cm³/mol. The molecule has 0 fully saturated rings. The molecule has 1 aromatic heterocycles. The number of hydrogen-bond acceptors (Lipinski definition) is 4. The van der Waals surface area contributed by atoms with Crippen LogP contribution in [0.3, 0.4) is 0 Å². The van der Waals surface area contributed by atoms with Crippen LogP contribution >= 0.6 is 0 Å². The lowest BCUT2D eigenvalue weighted by atomic mass is 10.5. The quantitative estimate of drug-likeness (QED) is 0.732. The first-order valence-corrected chi connectivity index (χ1v) is 7.38. The van der Waals surface area contributed by atoms with Crippen LogP contribution in [0.5, 0.6) is 0 Å². The largest absolute Gasteiger partial charge is 0.328 e. The zero-order chi connectivity index (χ0) is 13.6. The van der Waals surface area contributed by atoms with Crippen LogP contribution in [0.25, 0.3) is 0 Å². The van der Waals surface area contributed by atoms with E-state index >= 15 is 0 Å². The minimum absolute atomic E-state index is 0.0710. The molecule has 102 valence electrons. The van der Waals surface area contributed by atoms with Crippen LogP contribution in [-0.4, -0.2) is 44.5 Å². The fraction of sp³-hybridized carbons (Fsp3) is 0.545. The number of nitrogens with zero attached hydrogens (tertiary/aromatic N) is 1. The number of pyridine rings is 1. The lowest BCUT2D eigenvalue weighted by Crippen LogP contribution is -2.34. The number of hydrogen-bond donors (Lipinski definition) is 2. The fourth-order valence-electron chi connectivity index (χ4n) is 1.52. The molecule has 0 spiro atoms. The summed E-state index contributed by atoms with van der Waals surface area (Å²) in [7, 11) is -3.54. The Hall–Kier alpha value is -1.18. The van der Waals surface area contributed by atoms with E-state index < -0.39 is 10.0 Å².